The van der Waals surface area contributed by atoms with E-state index in [0.29, 0.717) is 6.54 Å². The van der Waals surface area contributed by atoms with Crippen molar-refractivity contribution >= 4 is 6.03 Å². The van der Waals surface area contributed by atoms with Crippen molar-refractivity contribution in [1.82, 2.24) is 15.1 Å². The van der Waals surface area contributed by atoms with Crippen molar-refractivity contribution in [3.63, 3.8) is 0 Å². The summed E-state index contributed by atoms with van der Waals surface area (Å²) in [6.45, 7) is 5.00. The molecule has 148 valence electrons. The minimum absolute atomic E-state index is 0.00848. The van der Waals surface area contributed by atoms with Crippen LogP contribution in [0, 0.1) is 5.82 Å². The Morgan fingerprint density at radius 3 is 2.41 bits per heavy atom. The van der Waals surface area contributed by atoms with Crippen LogP contribution in [0.25, 0.3) is 0 Å². The summed E-state index contributed by atoms with van der Waals surface area (Å²) in [6, 6.07) is 6.80. The molecular formula is C21H30FN3O2. The lowest BCUT2D eigenvalue weighted by molar-refractivity contribution is -0.0362. The molecule has 5 nitrogen and oxygen atoms in total. The van der Waals surface area contributed by atoms with Crippen molar-refractivity contribution in [3.05, 3.63) is 35.6 Å². The topological polar surface area (TPSA) is 44.8 Å². The Labute approximate surface area is 160 Å². The van der Waals surface area contributed by atoms with Gasteiger partial charge in [-0.25, -0.2) is 9.18 Å². The van der Waals surface area contributed by atoms with Gasteiger partial charge in [-0.2, -0.15) is 0 Å². The number of rotatable bonds is 4. The summed E-state index contributed by atoms with van der Waals surface area (Å²) in [7, 11) is 0. The van der Waals surface area contributed by atoms with Gasteiger partial charge < -0.3 is 15.0 Å². The zero-order chi connectivity index (χ0) is 18.7. The van der Waals surface area contributed by atoms with Gasteiger partial charge in [0.2, 0.25) is 0 Å². The molecule has 27 heavy (non-hydrogen) atoms. The van der Waals surface area contributed by atoms with Crippen molar-refractivity contribution < 1.29 is 13.9 Å². The van der Waals surface area contributed by atoms with Crippen LogP contribution in [0.5, 0.6) is 0 Å². The van der Waals surface area contributed by atoms with E-state index >= 15 is 0 Å². The molecule has 1 aromatic rings. The molecule has 6 heteroatoms. The number of nitrogens with zero attached hydrogens (tertiary/aromatic N) is 2. The monoisotopic (exact) mass is 375 g/mol. The SMILES string of the molecule is O=C(NC[C@@H](c1ccc(F)cc1)N1CCCC1)N1CCC2(CCCO2)CC1. The van der Waals surface area contributed by atoms with Crippen molar-refractivity contribution in [1.29, 1.82) is 0 Å². The van der Waals surface area contributed by atoms with E-state index in [2.05, 4.69) is 10.2 Å². The molecule has 0 aliphatic carbocycles. The molecule has 0 unspecified atom stereocenters. The van der Waals surface area contributed by atoms with Crippen LogP contribution in [0.4, 0.5) is 9.18 Å². The highest BCUT2D eigenvalue weighted by Gasteiger charge is 2.39. The number of likely N-dealkylation sites (tertiary alicyclic amines) is 2. The van der Waals surface area contributed by atoms with Crippen molar-refractivity contribution in [2.45, 2.75) is 50.2 Å². The lowest BCUT2D eigenvalue weighted by Gasteiger charge is -2.39. The highest BCUT2D eigenvalue weighted by Crippen LogP contribution is 2.35. The Kier molecular flexibility index (Phi) is 5.64. The van der Waals surface area contributed by atoms with Gasteiger partial charge in [0.05, 0.1) is 11.6 Å². The summed E-state index contributed by atoms with van der Waals surface area (Å²) in [5.41, 5.74) is 1.10. The zero-order valence-corrected chi connectivity index (χ0v) is 16.0. The number of hydrogen-bond donors (Lipinski definition) is 1. The molecule has 2 amide bonds. The molecule has 1 N–H and O–H groups in total. The fourth-order valence-corrected chi connectivity index (χ4v) is 4.76. The van der Waals surface area contributed by atoms with Crippen molar-refractivity contribution in [2.24, 2.45) is 0 Å². The zero-order valence-electron chi connectivity index (χ0n) is 16.0. The largest absolute Gasteiger partial charge is 0.375 e. The number of carbonyl (C=O) groups is 1. The lowest BCUT2D eigenvalue weighted by atomic mass is 9.89. The second kappa shape index (κ2) is 8.15. The first-order valence-electron chi connectivity index (χ1n) is 10.3. The standard InChI is InChI=1S/C21H30FN3O2/c22-18-6-4-17(5-7-18)19(24-11-1-2-12-24)16-23-20(26)25-13-9-21(10-14-25)8-3-15-27-21/h4-7,19H,1-3,8-16H2,(H,23,26)/t19-/m0/s1. The molecule has 3 aliphatic rings. The van der Waals surface area contributed by atoms with Gasteiger partial charge in [0.1, 0.15) is 5.82 Å². The van der Waals surface area contributed by atoms with Gasteiger partial charge in [-0.1, -0.05) is 12.1 Å². The van der Waals surface area contributed by atoms with Crippen LogP contribution in [-0.4, -0.2) is 60.8 Å². The number of nitrogens with one attached hydrogen (secondary N) is 1. The van der Waals surface area contributed by atoms with Gasteiger partial charge >= 0.3 is 6.03 Å². The molecule has 3 aliphatic heterocycles. The Bertz CT molecular complexity index is 629. The maximum atomic E-state index is 13.3. The first-order chi connectivity index (χ1) is 13.2. The third-order valence-corrected chi connectivity index (χ3v) is 6.43. The van der Waals surface area contributed by atoms with Crippen molar-refractivity contribution in [2.75, 3.05) is 39.3 Å². The van der Waals surface area contributed by atoms with Crippen LogP contribution in [0.3, 0.4) is 0 Å². The molecule has 0 aromatic heterocycles. The Morgan fingerprint density at radius 1 is 1.07 bits per heavy atom. The molecule has 1 aromatic carbocycles. The van der Waals surface area contributed by atoms with E-state index in [-0.39, 0.29) is 23.5 Å². The fraction of sp³-hybridized carbons (Fsp3) is 0.667. The quantitative estimate of drug-likeness (QED) is 0.878. The van der Waals surface area contributed by atoms with Gasteiger partial charge in [0.25, 0.3) is 0 Å². The normalized spacial score (nSPS) is 23.7. The summed E-state index contributed by atoms with van der Waals surface area (Å²) < 4.78 is 19.3. The fourth-order valence-electron chi connectivity index (χ4n) is 4.76. The highest BCUT2D eigenvalue weighted by atomic mass is 19.1. The van der Waals surface area contributed by atoms with E-state index in [1.165, 1.54) is 25.0 Å². The third-order valence-electron chi connectivity index (χ3n) is 6.43. The number of hydrogen-bond acceptors (Lipinski definition) is 3. The average Bonchev–Trinajstić information content (AvgIpc) is 3.37. The Balaban J connectivity index is 1.34. The van der Waals surface area contributed by atoms with E-state index in [9.17, 15) is 9.18 Å². The van der Waals surface area contributed by atoms with Crippen LogP contribution < -0.4 is 5.32 Å². The molecule has 3 fully saturated rings. The van der Waals surface area contributed by atoms with Gasteiger partial charge in [-0.3, -0.25) is 4.90 Å². The molecule has 0 radical (unpaired) electrons. The van der Waals surface area contributed by atoms with E-state index in [4.69, 9.17) is 4.74 Å². The number of piperidine rings is 1. The van der Waals surface area contributed by atoms with Gasteiger partial charge in [0.15, 0.2) is 0 Å². The minimum Gasteiger partial charge on any atom is -0.375 e. The molecule has 0 saturated carbocycles. The lowest BCUT2D eigenvalue weighted by Crippen LogP contribution is -2.50. The summed E-state index contributed by atoms with van der Waals surface area (Å²) in [5.74, 6) is -0.223. The molecular weight excluding hydrogens is 345 g/mol. The van der Waals surface area contributed by atoms with Gasteiger partial charge in [0, 0.05) is 26.2 Å². The van der Waals surface area contributed by atoms with Crippen LogP contribution in [-0.2, 0) is 4.74 Å². The summed E-state index contributed by atoms with van der Waals surface area (Å²) in [5, 5.41) is 3.13. The van der Waals surface area contributed by atoms with E-state index in [0.717, 1.165) is 64.0 Å². The highest BCUT2D eigenvalue weighted by molar-refractivity contribution is 5.74. The molecule has 1 spiro atoms. The maximum absolute atomic E-state index is 13.3. The van der Waals surface area contributed by atoms with Crippen LogP contribution in [0.15, 0.2) is 24.3 Å². The summed E-state index contributed by atoms with van der Waals surface area (Å²) >= 11 is 0. The number of ether oxygens (including phenoxy) is 1. The second-order valence-electron chi connectivity index (χ2n) is 8.12. The third kappa shape index (κ3) is 4.27. The molecule has 4 rings (SSSR count). The number of carbonyl (C=O) groups excluding carboxylic acids is 1. The van der Waals surface area contributed by atoms with Crippen LogP contribution in [0.2, 0.25) is 0 Å². The van der Waals surface area contributed by atoms with Gasteiger partial charge in [-0.05, 0) is 69.3 Å². The predicted octanol–water partition coefficient (Wildman–Crippen LogP) is 3.32. The van der Waals surface area contributed by atoms with Crippen LogP contribution >= 0.6 is 0 Å². The van der Waals surface area contributed by atoms with Gasteiger partial charge in [-0.15, -0.1) is 0 Å². The van der Waals surface area contributed by atoms with E-state index < -0.39 is 0 Å². The molecule has 1 atom stereocenters. The number of halogens is 1. The second-order valence-corrected chi connectivity index (χ2v) is 8.12. The summed E-state index contributed by atoms with van der Waals surface area (Å²) in [4.78, 5) is 17.0. The van der Waals surface area contributed by atoms with Crippen LogP contribution in [0.1, 0.15) is 50.1 Å². The minimum atomic E-state index is -0.223. The number of benzene rings is 1. The Hall–Kier alpha value is -1.66. The molecule has 3 saturated heterocycles. The Morgan fingerprint density at radius 2 is 1.78 bits per heavy atom. The number of urea groups is 1. The van der Waals surface area contributed by atoms with Crippen molar-refractivity contribution in [3.8, 4) is 0 Å². The molecule has 0 bridgehead atoms. The smallest absolute Gasteiger partial charge is 0.317 e. The first kappa shape index (κ1) is 18.7. The van der Waals surface area contributed by atoms with E-state index in [1.54, 1.807) is 0 Å². The average molecular weight is 375 g/mol. The first-order valence-corrected chi connectivity index (χ1v) is 10.3. The maximum Gasteiger partial charge on any atom is 0.317 e. The molecule has 3 heterocycles. The number of amides is 2. The predicted molar refractivity (Wildman–Crippen MR) is 102 cm³/mol. The van der Waals surface area contributed by atoms with E-state index in [1.807, 2.05) is 17.0 Å². The summed E-state index contributed by atoms with van der Waals surface area (Å²) in [6.07, 6.45) is 6.51.